The summed E-state index contributed by atoms with van der Waals surface area (Å²) >= 11 is 0. The van der Waals surface area contributed by atoms with E-state index in [1.807, 2.05) is 20.0 Å². The fourth-order valence-electron chi connectivity index (χ4n) is 4.44. The molecule has 0 saturated heterocycles. The van der Waals surface area contributed by atoms with Gasteiger partial charge < -0.3 is 13.5 Å². The van der Waals surface area contributed by atoms with Crippen LogP contribution in [0.5, 0.6) is 0 Å². The minimum Gasteiger partial charge on any atom is -0.443 e. The van der Waals surface area contributed by atoms with Crippen molar-refractivity contribution in [3.8, 4) is 22.5 Å². The van der Waals surface area contributed by atoms with E-state index < -0.39 is 5.92 Å². The maximum Gasteiger partial charge on any atom is 0.248 e. The first-order valence-corrected chi connectivity index (χ1v) is 10.1. The van der Waals surface area contributed by atoms with Crippen molar-refractivity contribution in [1.29, 1.82) is 0 Å². The van der Waals surface area contributed by atoms with E-state index in [1.54, 1.807) is 12.4 Å². The molecule has 0 radical (unpaired) electrons. The maximum atomic E-state index is 13.6. The smallest absolute Gasteiger partial charge is 0.248 e. The van der Waals surface area contributed by atoms with Crippen molar-refractivity contribution >= 4 is 11.0 Å². The SMILES string of the molecule is Cc1noc(C)c1-c1cnc2c(-c3cnco3)cn(CC3CCC(F)(F)CC3)c2c1. The van der Waals surface area contributed by atoms with Gasteiger partial charge in [-0.1, -0.05) is 5.16 Å². The van der Waals surface area contributed by atoms with Gasteiger partial charge in [-0.3, -0.25) is 4.98 Å². The molecule has 8 heteroatoms. The zero-order valence-corrected chi connectivity index (χ0v) is 16.9. The number of hydrogen-bond acceptors (Lipinski definition) is 5. The van der Waals surface area contributed by atoms with Crippen molar-refractivity contribution in [1.82, 2.24) is 19.7 Å². The van der Waals surface area contributed by atoms with Crippen LogP contribution >= 0.6 is 0 Å². The van der Waals surface area contributed by atoms with Gasteiger partial charge in [-0.25, -0.2) is 13.8 Å². The molecule has 1 aliphatic carbocycles. The Hall–Kier alpha value is -3.03. The fourth-order valence-corrected chi connectivity index (χ4v) is 4.44. The van der Waals surface area contributed by atoms with E-state index in [0.29, 0.717) is 25.1 Å². The molecule has 0 unspecified atom stereocenters. The molecule has 1 saturated carbocycles. The zero-order valence-electron chi connectivity index (χ0n) is 16.9. The topological polar surface area (TPSA) is 69.9 Å². The molecule has 4 heterocycles. The lowest BCUT2D eigenvalue weighted by molar-refractivity contribution is -0.0472. The summed E-state index contributed by atoms with van der Waals surface area (Å²) in [4.78, 5) is 8.73. The Morgan fingerprint density at radius 3 is 2.67 bits per heavy atom. The number of rotatable bonds is 4. The van der Waals surface area contributed by atoms with E-state index in [-0.39, 0.29) is 18.8 Å². The first-order valence-electron chi connectivity index (χ1n) is 10.1. The predicted octanol–water partition coefficient (Wildman–Crippen LogP) is 5.79. The summed E-state index contributed by atoms with van der Waals surface area (Å²) in [5, 5.41) is 4.04. The van der Waals surface area contributed by atoms with Crippen LogP contribution in [-0.2, 0) is 6.54 Å². The third kappa shape index (κ3) is 3.30. The highest BCUT2D eigenvalue weighted by molar-refractivity contribution is 5.93. The molecule has 0 atom stereocenters. The molecule has 0 N–H and O–H groups in total. The largest absolute Gasteiger partial charge is 0.443 e. The number of alkyl halides is 2. The number of fused-ring (bicyclic) bond motifs is 1. The van der Waals surface area contributed by atoms with E-state index in [2.05, 4.69) is 20.8 Å². The van der Waals surface area contributed by atoms with E-state index in [0.717, 1.165) is 39.2 Å². The van der Waals surface area contributed by atoms with Gasteiger partial charge >= 0.3 is 0 Å². The van der Waals surface area contributed by atoms with Crippen LogP contribution < -0.4 is 0 Å². The number of aromatic nitrogens is 4. The number of oxazole rings is 1. The summed E-state index contributed by atoms with van der Waals surface area (Å²) in [6, 6.07) is 2.06. The van der Waals surface area contributed by atoms with Gasteiger partial charge in [0.25, 0.3) is 0 Å². The van der Waals surface area contributed by atoms with Gasteiger partial charge in [-0.05, 0) is 38.7 Å². The summed E-state index contributed by atoms with van der Waals surface area (Å²) in [6.07, 6.45) is 7.78. The van der Waals surface area contributed by atoms with Gasteiger partial charge in [0.05, 0.1) is 28.5 Å². The van der Waals surface area contributed by atoms with E-state index in [9.17, 15) is 8.78 Å². The van der Waals surface area contributed by atoms with Gasteiger partial charge in [0.1, 0.15) is 5.76 Å². The molecule has 1 aliphatic rings. The Morgan fingerprint density at radius 2 is 2.00 bits per heavy atom. The molecule has 5 rings (SSSR count). The quantitative estimate of drug-likeness (QED) is 0.424. The first-order chi connectivity index (χ1) is 14.4. The van der Waals surface area contributed by atoms with Crippen LogP contribution in [0, 0.1) is 19.8 Å². The number of nitrogens with zero attached hydrogens (tertiary/aromatic N) is 4. The normalized spacial score (nSPS) is 17.1. The van der Waals surface area contributed by atoms with Gasteiger partial charge in [-0.15, -0.1) is 0 Å². The monoisotopic (exact) mass is 412 g/mol. The van der Waals surface area contributed by atoms with Crippen LogP contribution in [0.25, 0.3) is 33.5 Å². The van der Waals surface area contributed by atoms with Gasteiger partial charge in [0, 0.05) is 42.9 Å². The summed E-state index contributed by atoms with van der Waals surface area (Å²) in [5.41, 5.74) is 5.21. The average molecular weight is 412 g/mol. The van der Waals surface area contributed by atoms with Crippen molar-refractivity contribution in [3.63, 3.8) is 0 Å². The van der Waals surface area contributed by atoms with E-state index in [1.165, 1.54) is 6.39 Å². The number of aryl methyl sites for hydroxylation is 2. The highest BCUT2D eigenvalue weighted by Crippen LogP contribution is 2.39. The predicted molar refractivity (Wildman–Crippen MR) is 107 cm³/mol. The van der Waals surface area contributed by atoms with E-state index in [4.69, 9.17) is 13.9 Å². The second-order valence-electron chi connectivity index (χ2n) is 8.15. The lowest BCUT2D eigenvalue weighted by Gasteiger charge is -2.28. The van der Waals surface area contributed by atoms with Crippen LogP contribution in [0.15, 0.2) is 40.0 Å². The summed E-state index contributed by atoms with van der Waals surface area (Å²) < 4.78 is 40.1. The number of hydrogen-bond donors (Lipinski definition) is 0. The lowest BCUT2D eigenvalue weighted by Crippen LogP contribution is -2.26. The molecule has 0 amide bonds. The van der Waals surface area contributed by atoms with Gasteiger partial charge in [-0.2, -0.15) is 0 Å². The molecule has 6 nitrogen and oxygen atoms in total. The van der Waals surface area contributed by atoms with Crippen LogP contribution in [0.2, 0.25) is 0 Å². The highest BCUT2D eigenvalue weighted by Gasteiger charge is 2.35. The van der Waals surface area contributed by atoms with Gasteiger partial charge in [0.2, 0.25) is 5.92 Å². The average Bonchev–Trinajstić information content (AvgIpc) is 3.43. The minimum atomic E-state index is -2.53. The Balaban J connectivity index is 1.58. The summed E-state index contributed by atoms with van der Waals surface area (Å²) in [5.74, 6) is -0.966. The van der Waals surface area contributed by atoms with Crippen molar-refractivity contribution in [3.05, 3.63) is 42.5 Å². The lowest BCUT2D eigenvalue weighted by atomic mass is 9.87. The first kappa shape index (κ1) is 19.0. The van der Waals surface area contributed by atoms with Crippen LogP contribution in [0.1, 0.15) is 37.1 Å². The Morgan fingerprint density at radius 1 is 1.20 bits per heavy atom. The molecule has 1 fully saturated rings. The number of pyridine rings is 1. The standard InChI is InChI=1S/C22H22F2N4O2/c1-13-20(14(2)30-27-13)16-7-18-21(26-8-16)17(19-9-25-12-29-19)11-28(18)10-15-3-5-22(23,24)6-4-15/h7-9,11-12,15H,3-6,10H2,1-2H3. The summed E-state index contributed by atoms with van der Waals surface area (Å²) in [7, 11) is 0. The summed E-state index contributed by atoms with van der Waals surface area (Å²) in [6.45, 7) is 4.44. The zero-order chi connectivity index (χ0) is 20.9. The molecule has 0 bridgehead atoms. The molecular formula is C22H22F2N4O2. The van der Waals surface area contributed by atoms with Crippen LogP contribution in [0.3, 0.4) is 0 Å². The fraction of sp³-hybridized carbons (Fsp3) is 0.409. The molecule has 4 aromatic heterocycles. The Labute approximate surface area is 171 Å². The molecule has 156 valence electrons. The second-order valence-corrected chi connectivity index (χ2v) is 8.15. The van der Waals surface area contributed by atoms with Crippen LogP contribution in [-0.4, -0.2) is 25.6 Å². The third-order valence-electron chi connectivity index (χ3n) is 6.03. The van der Waals surface area contributed by atoms with Crippen molar-refractivity contribution in [2.75, 3.05) is 0 Å². The van der Waals surface area contributed by atoms with Gasteiger partial charge in [0.15, 0.2) is 12.2 Å². The Bertz CT molecular complexity index is 1160. The molecule has 0 spiro atoms. The van der Waals surface area contributed by atoms with Crippen LogP contribution in [0.4, 0.5) is 8.78 Å². The maximum absolute atomic E-state index is 13.6. The van der Waals surface area contributed by atoms with Crippen molar-refractivity contribution < 1.29 is 17.7 Å². The van der Waals surface area contributed by atoms with E-state index >= 15 is 0 Å². The molecule has 0 aliphatic heterocycles. The highest BCUT2D eigenvalue weighted by atomic mass is 19.3. The molecule has 4 aromatic rings. The molecular weight excluding hydrogens is 390 g/mol. The van der Waals surface area contributed by atoms with Crippen molar-refractivity contribution in [2.24, 2.45) is 5.92 Å². The molecule has 0 aromatic carbocycles. The van der Waals surface area contributed by atoms with Crippen molar-refractivity contribution in [2.45, 2.75) is 52.0 Å². The number of halogens is 2. The minimum absolute atomic E-state index is 0.0472. The second kappa shape index (κ2) is 7.04. The third-order valence-corrected chi connectivity index (χ3v) is 6.03. The molecule has 30 heavy (non-hydrogen) atoms. The Kier molecular flexibility index (Phi) is 4.45.